The molecule has 1 unspecified atom stereocenters. The average molecular weight is 286 g/mol. The highest BCUT2D eigenvalue weighted by Gasteiger charge is 2.33. The van der Waals surface area contributed by atoms with Crippen LogP contribution in [0.25, 0.3) is 0 Å². The summed E-state index contributed by atoms with van der Waals surface area (Å²) in [6.07, 6.45) is -1.46. The summed E-state index contributed by atoms with van der Waals surface area (Å²) in [5, 5.41) is 7.92. The maximum atomic E-state index is 12.6. The molecule has 0 aromatic carbocycles. The molecule has 0 aliphatic carbocycles. The van der Waals surface area contributed by atoms with Gasteiger partial charge in [-0.05, 0) is 13.3 Å². The zero-order valence-corrected chi connectivity index (χ0v) is 10.8. The molecule has 3 heterocycles. The highest BCUT2D eigenvalue weighted by Crippen LogP contribution is 2.28. The maximum absolute atomic E-state index is 12.6. The van der Waals surface area contributed by atoms with Crippen molar-refractivity contribution in [1.82, 2.24) is 29.5 Å². The Kier molecular flexibility index (Phi) is 2.98. The highest BCUT2D eigenvalue weighted by molar-refractivity contribution is 5.04. The van der Waals surface area contributed by atoms with Crippen LogP contribution in [-0.4, -0.2) is 35.7 Å². The van der Waals surface area contributed by atoms with Gasteiger partial charge in [-0.2, -0.15) is 23.4 Å². The molecule has 2 aromatic heterocycles. The van der Waals surface area contributed by atoms with Gasteiger partial charge in [-0.15, -0.1) is 0 Å². The van der Waals surface area contributed by atoms with E-state index in [1.165, 1.54) is 6.33 Å². The number of alkyl halides is 3. The molecule has 0 radical (unpaired) electrons. The predicted molar refractivity (Wildman–Crippen MR) is 61.9 cm³/mol. The van der Waals surface area contributed by atoms with Crippen LogP contribution >= 0.6 is 0 Å². The second-order valence-electron chi connectivity index (χ2n) is 4.88. The second-order valence-corrected chi connectivity index (χ2v) is 4.88. The van der Waals surface area contributed by atoms with Crippen LogP contribution in [0.15, 0.2) is 6.33 Å². The summed E-state index contributed by atoms with van der Waals surface area (Å²) in [6.45, 7) is 0.981. The number of aromatic nitrogens is 6. The van der Waals surface area contributed by atoms with Gasteiger partial charge in [0.05, 0.1) is 6.54 Å². The van der Waals surface area contributed by atoms with E-state index in [-0.39, 0.29) is 5.92 Å². The van der Waals surface area contributed by atoms with Crippen molar-refractivity contribution in [3.8, 4) is 0 Å². The van der Waals surface area contributed by atoms with Crippen molar-refractivity contribution >= 4 is 0 Å². The smallest absolute Gasteiger partial charge is 0.249 e. The van der Waals surface area contributed by atoms with Gasteiger partial charge in [-0.25, -0.2) is 19.3 Å². The quantitative estimate of drug-likeness (QED) is 0.838. The summed E-state index contributed by atoms with van der Waals surface area (Å²) >= 11 is 0. The molecule has 0 spiro atoms. The normalized spacial score (nSPS) is 19.1. The first-order chi connectivity index (χ1) is 9.42. The van der Waals surface area contributed by atoms with Gasteiger partial charge in [0.1, 0.15) is 30.3 Å². The average Bonchev–Trinajstić information content (AvgIpc) is 2.92. The molecule has 2 aromatic rings. The predicted octanol–water partition coefficient (Wildman–Crippen LogP) is 1.47. The van der Waals surface area contributed by atoms with Crippen LogP contribution in [0.3, 0.4) is 0 Å². The molecule has 20 heavy (non-hydrogen) atoms. The third-order valence-corrected chi connectivity index (χ3v) is 3.31. The van der Waals surface area contributed by atoms with Crippen LogP contribution in [0.2, 0.25) is 0 Å². The van der Waals surface area contributed by atoms with E-state index in [1.807, 2.05) is 0 Å². The molecule has 9 heteroatoms. The minimum Gasteiger partial charge on any atom is -0.249 e. The summed E-state index contributed by atoms with van der Waals surface area (Å²) < 4.78 is 40.4. The third kappa shape index (κ3) is 2.52. The molecule has 6 nitrogen and oxygen atoms in total. The maximum Gasteiger partial charge on any atom is 0.408 e. The number of aryl methyl sites for hydroxylation is 2. The van der Waals surface area contributed by atoms with Gasteiger partial charge in [0.25, 0.3) is 0 Å². The summed E-state index contributed by atoms with van der Waals surface area (Å²) in [5.74, 6) is 1.47. The van der Waals surface area contributed by atoms with Crippen LogP contribution in [-0.2, 0) is 19.5 Å². The molecule has 1 aliphatic heterocycles. The van der Waals surface area contributed by atoms with Crippen molar-refractivity contribution in [1.29, 1.82) is 0 Å². The van der Waals surface area contributed by atoms with Crippen LogP contribution in [0.1, 0.15) is 29.8 Å². The summed E-state index contributed by atoms with van der Waals surface area (Å²) in [7, 11) is 0. The fraction of sp³-hybridized carbons (Fsp3) is 0.636. The zero-order chi connectivity index (χ0) is 14.3. The number of hydrogen-bond acceptors (Lipinski definition) is 4. The molecule has 1 aliphatic rings. The zero-order valence-electron chi connectivity index (χ0n) is 10.8. The Balaban J connectivity index is 1.88. The van der Waals surface area contributed by atoms with E-state index in [4.69, 9.17) is 0 Å². The molecule has 0 saturated carbocycles. The van der Waals surface area contributed by atoms with E-state index >= 15 is 0 Å². The van der Waals surface area contributed by atoms with E-state index in [1.54, 1.807) is 11.6 Å². The van der Waals surface area contributed by atoms with Crippen LogP contribution in [0.5, 0.6) is 0 Å². The van der Waals surface area contributed by atoms with Gasteiger partial charge in [-0.1, -0.05) is 0 Å². The molecule has 3 rings (SSSR count). The van der Waals surface area contributed by atoms with E-state index in [9.17, 15) is 13.2 Å². The molecular weight excluding hydrogens is 273 g/mol. The lowest BCUT2D eigenvalue weighted by Gasteiger charge is -2.22. The Morgan fingerprint density at radius 3 is 2.95 bits per heavy atom. The number of hydrogen-bond donors (Lipinski definition) is 0. The van der Waals surface area contributed by atoms with Gasteiger partial charge in [0.2, 0.25) is 0 Å². The first kappa shape index (κ1) is 13.1. The van der Waals surface area contributed by atoms with Crippen LogP contribution < -0.4 is 0 Å². The molecular formula is C11H13F3N6. The standard InChI is InChI=1S/C11H13F3N6/c1-7-17-10(20(18-7)5-11(12,13)14)8-2-3-9-15-6-16-19(9)4-8/h6,8H,2-5H2,1H3. The molecule has 0 saturated heterocycles. The van der Waals surface area contributed by atoms with Crippen molar-refractivity contribution in [3.05, 3.63) is 23.8 Å². The van der Waals surface area contributed by atoms with Gasteiger partial charge in [0, 0.05) is 12.3 Å². The Labute approximate surface area is 112 Å². The largest absolute Gasteiger partial charge is 0.408 e. The monoisotopic (exact) mass is 286 g/mol. The number of fused-ring (bicyclic) bond motifs is 1. The van der Waals surface area contributed by atoms with Crippen LogP contribution in [0, 0.1) is 6.92 Å². The summed E-state index contributed by atoms with van der Waals surface area (Å²) in [6, 6.07) is 0. The topological polar surface area (TPSA) is 61.4 Å². The molecule has 108 valence electrons. The van der Waals surface area contributed by atoms with E-state index in [0.29, 0.717) is 31.0 Å². The van der Waals surface area contributed by atoms with Crippen molar-refractivity contribution < 1.29 is 13.2 Å². The van der Waals surface area contributed by atoms with Gasteiger partial charge >= 0.3 is 6.18 Å². The SMILES string of the molecule is Cc1nc(C2CCc3ncnn3C2)n(CC(F)(F)F)n1. The third-order valence-electron chi connectivity index (χ3n) is 3.31. The Hall–Kier alpha value is -1.93. The summed E-state index contributed by atoms with van der Waals surface area (Å²) in [5.41, 5.74) is 0. The van der Waals surface area contributed by atoms with Crippen molar-refractivity contribution in [2.75, 3.05) is 0 Å². The lowest BCUT2D eigenvalue weighted by Crippen LogP contribution is -2.26. The second kappa shape index (κ2) is 4.57. The van der Waals surface area contributed by atoms with Crippen LogP contribution in [0.4, 0.5) is 13.2 Å². The first-order valence-corrected chi connectivity index (χ1v) is 6.27. The minimum absolute atomic E-state index is 0.118. The lowest BCUT2D eigenvalue weighted by molar-refractivity contribution is -0.143. The number of halogens is 3. The van der Waals surface area contributed by atoms with Crippen molar-refractivity contribution in [3.63, 3.8) is 0 Å². The Morgan fingerprint density at radius 1 is 1.40 bits per heavy atom. The summed E-state index contributed by atoms with van der Waals surface area (Å²) in [4.78, 5) is 8.27. The molecule has 0 fully saturated rings. The Morgan fingerprint density at radius 2 is 2.20 bits per heavy atom. The molecule has 0 bridgehead atoms. The fourth-order valence-corrected chi connectivity index (χ4v) is 2.51. The van der Waals surface area contributed by atoms with Gasteiger partial charge in [-0.3, -0.25) is 0 Å². The lowest BCUT2D eigenvalue weighted by atomic mass is 9.99. The van der Waals surface area contributed by atoms with E-state index < -0.39 is 12.7 Å². The van der Waals surface area contributed by atoms with Crippen molar-refractivity contribution in [2.45, 2.75) is 44.9 Å². The Bertz CT molecular complexity index is 614. The molecule has 1 atom stereocenters. The van der Waals surface area contributed by atoms with Gasteiger partial charge in [0.15, 0.2) is 0 Å². The highest BCUT2D eigenvalue weighted by atomic mass is 19.4. The van der Waals surface area contributed by atoms with Gasteiger partial charge < -0.3 is 0 Å². The van der Waals surface area contributed by atoms with E-state index in [2.05, 4.69) is 20.2 Å². The molecule has 0 N–H and O–H groups in total. The van der Waals surface area contributed by atoms with E-state index in [0.717, 1.165) is 10.5 Å². The molecule has 0 amide bonds. The first-order valence-electron chi connectivity index (χ1n) is 6.27. The number of rotatable bonds is 2. The fourth-order valence-electron chi connectivity index (χ4n) is 2.51. The minimum atomic E-state index is -4.30. The number of nitrogens with zero attached hydrogens (tertiary/aromatic N) is 6. The van der Waals surface area contributed by atoms with Crippen molar-refractivity contribution in [2.24, 2.45) is 0 Å².